The molecule has 6 aromatic heterocycles. The third-order valence-electron chi connectivity index (χ3n) is 7.86. The molecule has 0 saturated heterocycles. The average Bonchev–Trinajstić information content (AvgIpc) is 4.16. The highest BCUT2D eigenvalue weighted by Crippen LogP contribution is 2.28. The van der Waals surface area contributed by atoms with E-state index < -0.39 is 29.8 Å². The molecule has 0 atom stereocenters. The minimum Gasteiger partial charge on any atom is -0.507 e. The van der Waals surface area contributed by atoms with Crippen molar-refractivity contribution in [1.29, 1.82) is 0 Å². The largest absolute Gasteiger partial charge is 0.507 e. The highest BCUT2D eigenvalue weighted by Gasteiger charge is 2.20. The molecule has 0 fully saturated rings. The van der Waals surface area contributed by atoms with Crippen LogP contribution in [0.1, 0.15) is 157 Å². The number of carboxylic acid groups (broad SMARTS) is 5. The summed E-state index contributed by atoms with van der Waals surface area (Å²) in [6, 6.07) is 0. The Hall–Kier alpha value is -6.13. The first-order valence-corrected chi connectivity index (χ1v) is 26.8. The van der Waals surface area contributed by atoms with Gasteiger partial charge in [0, 0.05) is 0 Å². The van der Waals surface area contributed by atoms with Gasteiger partial charge < -0.3 is 49.6 Å². The number of hydrogen-bond donors (Lipinski definition) is 6. The Kier molecular flexibility index (Phi) is 30.9. The summed E-state index contributed by atoms with van der Waals surface area (Å²) in [5.41, 5.74) is 1.67. The summed E-state index contributed by atoms with van der Waals surface area (Å²) >= 11 is 7.24. The van der Waals surface area contributed by atoms with Crippen molar-refractivity contribution in [3.63, 3.8) is 0 Å². The topological polar surface area (TPSA) is 321 Å². The number of aromatic carboxylic acids is 5. The summed E-state index contributed by atoms with van der Waals surface area (Å²) in [5.74, 6) is -3.21. The number of aromatic nitrogens is 6. The number of ether oxygens (including phenoxy) is 4. The van der Waals surface area contributed by atoms with Crippen molar-refractivity contribution in [3.05, 3.63) is 77.3 Å². The van der Waals surface area contributed by atoms with Gasteiger partial charge in [0.1, 0.15) is 10.6 Å². The van der Waals surface area contributed by atoms with Crippen LogP contribution in [0.2, 0.25) is 0 Å². The highest BCUT2D eigenvalue weighted by atomic mass is 32.1. The smallest absolute Gasteiger partial charge is 0.351 e. The van der Waals surface area contributed by atoms with Crippen molar-refractivity contribution in [2.75, 3.05) is 20.3 Å². The Morgan fingerprint density at radius 2 is 0.838 bits per heavy atom. The van der Waals surface area contributed by atoms with Crippen LogP contribution in [-0.2, 0) is 12.8 Å². The van der Waals surface area contributed by atoms with Crippen LogP contribution in [0.4, 0.5) is 0 Å². The van der Waals surface area contributed by atoms with Gasteiger partial charge in [-0.1, -0.05) is 41.7 Å². The van der Waals surface area contributed by atoms with Gasteiger partial charge in [0.15, 0.2) is 19.5 Å². The zero-order valence-corrected chi connectivity index (χ0v) is 47.8. The van der Waals surface area contributed by atoms with Crippen LogP contribution in [0.25, 0.3) is 5.76 Å². The first kappa shape index (κ1) is 67.9. The summed E-state index contributed by atoms with van der Waals surface area (Å²) in [5, 5.41) is 57.5. The Morgan fingerprint density at radius 3 is 1.16 bits per heavy atom. The number of aliphatic hydroxyl groups excluding tert-OH is 1. The minimum atomic E-state index is -0.993. The molecule has 0 aromatic carbocycles. The molecule has 6 heterocycles. The van der Waals surface area contributed by atoms with Crippen molar-refractivity contribution in [2.45, 2.75) is 123 Å². The molecule has 6 N–H and O–H groups in total. The second kappa shape index (κ2) is 33.6. The van der Waals surface area contributed by atoms with Crippen molar-refractivity contribution < 1.29 is 73.6 Å². The molecular formula is C47H66N6O15S6. The van der Waals surface area contributed by atoms with Gasteiger partial charge in [0.25, 0.3) is 0 Å². The van der Waals surface area contributed by atoms with E-state index in [1.54, 1.807) is 34.6 Å². The summed E-state index contributed by atoms with van der Waals surface area (Å²) in [7, 11) is 1.40. The minimum absolute atomic E-state index is 0. The van der Waals surface area contributed by atoms with E-state index >= 15 is 0 Å². The Labute approximate surface area is 454 Å². The molecule has 74 heavy (non-hydrogen) atoms. The summed E-state index contributed by atoms with van der Waals surface area (Å²) in [6.07, 6.45) is 2.38. The van der Waals surface area contributed by atoms with E-state index in [0.29, 0.717) is 56.2 Å². The quantitative estimate of drug-likeness (QED) is 0.0462. The number of thiazole rings is 6. The molecule has 0 saturated carbocycles. The van der Waals surface area contributed by atoms with E-state index in [-0.39, 0.29) is 62.3 Å². The molecule has 21 nitrogen and oxygen atoms in total. The maximum atomic E-state index is 10.7. The number of aryl methyl sites for hydroxylation is 7. The van der Waals surface area contributed by atoms with Gasteiger partial charge in [0.05, 0.1) is 72.7 Å². The maximum Gasteiger partial charge on any atom is 0.351 e. The number of rotatable bonds is 17. The molecule has 0 aliphatic heterocycles. The Bertz CT molecular complexity index is 2630. The highest BCUT2D eigenvalue weighted by molar-refractivity contribution is 7.15. The van der Waals surface area contributed by atoms with Gasteiger partial charge in [-0.2, -0.15) is 0 Å². The van der Waals surface area contributed by atoms with Crippen molar-refractivity contribution in [1.82, 2.24) is 29.9 Å². The number of methoxy groups -OCH3 is 1. The van der Waals surface area contributed by atoms with E-state index in [1.165, 1.54) is 29.8 Å². The molecule has 0 radical (unpaired) electrons. The van der Waals surface area contributed by atoms with Crippen LogP contribution < -0.4 is 18.9 Å². The monoisotopic (exact) mass is 1150 g/mol. The number of carboxylic acids is 5. The van der Waals surface area contributed by atoms with Gasteiger partial charge in [-0.25, -0.2) is 53.9 Å². The molecule has 27 heteroatoms. The molecule has 0 spiro atoms. The van der Waals surface area contributed by atoms with Crippen LogP contribution in [-0.4, -0.2) is 117 Å². The van der Waals surface area contributed by atoms with Crippen LogP contribution in [0.3, 0.4) is 0 Å². The van der Waals surface area contributed by atoms with Crippen LogP contribution in [0.5, 0.6) is 23.5 Å². The second-order valence-electron chi connectivity index (χ2n) is 15.1. The van der Waals surface area contributed by atoms with Gasteiger partial charge in [-0.3, -0.25) is 0 Å². The number of aliphatic hydroxyl groups is 1. The van der Waals surface area contributed by atoms with Gasteiger partial charge in [-0.15, -0.1) is 68.0 Å². The molecule has 0 unspecified atom stereocenters. The molecule has 0 bridgehead atoms. The van der Waals surface area contributed by atoms with Gasteiger partial charge >= 0.3 is 29.8 Å². The van der Waals surface area contributed by atoms with E-state index in [4.69, 9.17) is 44.5 Å². The predicted octanol–water partition coefficient (Wildman–Crippen LogP) is 12.1. The molecular weight excluding hydrogens is 1080 g/mol. The summed E-state index contributed by atoms with van der Waals surface area (Å²) in [6.45, 7) is 28.8. The number of nitrogens with zero attached hydrogens (tertiary/aromatic N) is 6. The van der Waals surface area contributed by atoms with E-state index in [9.17, 15) is 29.1 Å². The molecule has 410 valence electrons. The first-order chi connectivity index (χ1) is 34.1. The first-order valence-electron chi connectivity index (χ1n) is 21.9. The second-order valence-corrected chi connectivity index (χ2v) is 22.3. The zero-order chi connectivity index (χ0) is 55.9. The van der Waals surface area contributed by atoms with Crippen LogP contribution >= 0.6 is 68.0 Å². The summed E-state index contributed by atoms with van der Waals surface area (Å²) < 4.78 is 20.2. The fraction of sp³-hybridized carbons (Fsp3) is 0.468. The van der Waals surface area contributed by atoms with E-state index in [0.717, 1.165) is 78.8 Å². The van der Waals surface area contributed by atoms with Crippen molar-refractivity contribution >= 4 is 104 Å². The number of hydrogen-bond acceptors (Lipinski definition) is 22. The average molecular weight is 1150 g/mol. The zero-order valence-electron chi connectivity index (χ0n) is 42.9. The van der Waals surface area contributed by atoms with Gasteiger partial charge in [-0.05, 0) is 87.5 Å². The van der Waals surface area contributed by atoms with Gasteiger partial charge in [0.2, 0.25) is 23.5 Å². The van der Waals surface area contributed by atoms with E-state index in [2.05, 4.69) is 50.3 Å². The SMILES string of the molecule is C.C=C(O)c1sc(C)nc1CC(C)C.CCCOc1nc(C)sc1C(=O)O.CCOc1nc(C)sc1C(=O)O.CCc1nc(C)sc1C(=O)O.COc1nc(C)sc1C(=O)O.Cc1nc(OC(C)C)c(C(=O)O)s1. The Balaban J connectivity index is 0.000000863. The van der Waals surface area contributed by atoms with Crippen molar-refractivity contribution in [2.24, 2.45) is 5.92 Å². The molecule has 6 rings (SSSR count). The lowest BCUT2D eigenvalue weighted by Crippen LogP contribution is -2.08. The maximum absolute atomic E-state index is 10.7. The van der Waals surface area contributed by atoms with E-state index in [1.807, 2.05) is 41.5 Å². The van der Waals surface area contributed by atoms with Crippen LogP contribution in [0, 0.1) is 47.5 Å². The fourth-order valence-corrected chi connectivity index (χ4v) is 9.73. The summed E-state index contributed by atoms with van der Waals surface area (Å²) in [4.78, 5) is 79.2. The third kappa shape index (κ3) is 23.4. The lowest BCUT2D eigenvalue weighted by atomic mass is 10.1. The molecule has 6 aromatic rings. The fourth-order valence-electron chi connectivity index (χ4n) is 5.24. The lowest BCUT2D eigenvalue weighted by molar-refractivity contribution is 0.0684. The molecule has 0 aliphatic rings. The lowest BCUT2D eigenvalue weighted by Gasteiger charge is -2.06. The van der Waals surface area contributed by atoms with Crippen LogP contribution in [0.15, 0.2) is 6.58 Å². The number of carbonyl (C=O) groups is 5. The molecule has 0 amide bonds. The standard InChI is InChI=1S/C10H15NOS.2C8H11NO3S.C7H9NO3S.C7H9NO2S.C6H7NO3S.CH4/c1-6(2)5-9-10(7(3)12)13-8(4)11-9;1-4(2)12-7-6(8(10)11)13-5(3)9-7;1-3-4-12-7-6(8(10)11)13-5(2)9-7;1-3-11-6-5(7(9)10)12-4(2)8-6;1-3-5-6(7(9)10)11-4(2)8-5;1-3-7-5(10-2)4(11-3)6(8)9;/h6,12H,3,5H2,1-2,4H3;4H,1-3H3,(H,10,11);3-4H2,1-2H3,(H,10,11);3H2,1-2H3,(H,9,10);3H2,1-2H3,(H,9,10);1-2H3,(H,8,9);1H4. The normalized spacial score (nSPS) is 10.0. The molecule has 0 aliphatic carbocycles. The van der Waals surface area contributed by atoms with Crippen molar-refractivity contribution in [3.8, 4) is 23.5 Å². The predicted molar refractivity (Wildman–Crippen MR) is 291 cm³/mol. The third-order valence-corrected chi connectivity index (χ3v) is 13.7. The Morgan fingerprint density at radius 1 is 0.500 bits per heavy atom.